The van der Waals surface area contributed by atoms with E-state index in [2.05, 4.69) is 16.0 Å². The summed E-state index contributed by atoms with van der Waals surface area (Å²) in [5.41, 5.74) is -0.895. The van der Waals surface area contributed by atoms with Gasteiger partial charge < -0.3 is 39.9 Å². The first-order valence-electron chi connectivity index (χ1n) is 13.7. The number of para-hydroxylation sites is 2. The molecule has 15 heteroatoms. The molecule has 240 valence electrons. The Morgan fingerprint density at radius 3 is 1.68 bits per heavy atom. The van der Waals surface area contributed by atoms with E-state index in [1.54, 1.807) is 57.2 Å². The Morgan fingerprint density at radius 2 is 1.23 bits per heavy atom. The van der Waals surface area contributed by atoms with Gasteiger partial charge in [0.05, 0.1) is 0 Å². The fourth-order valence-electron chi connectivity index (χ4n) is 3.63. The van der Waals surface area contributed by atoms with Gasteiger partial charge >= 0.3 is 25.6 Å². The Kier molecular flexibility index (Phi) is 13.2. The van der Waals surface area contributed by atoms with Crippen molar-refractivity contribution in [1.82, 2.24) is 16.0 Å². The lowest BCUT2D eigenvalue weighted by Crippen LogP contribution is -2.54. The summed E-state index contributed by atoms with van der Waals surface area (Å²) >= 11 is 0. The first-order valence-corrected chi connectivity index (χ1v) is 15.3. The second-order valence-corrected chi connectivity index (χ2v) is 12.7. The maximum Gasteiger partial charge on any atom is 0.452 e. The number of amides is 3. The van der Waals surface area contributed by atoms with Gasteiger partial charge in [-0.05, 0) is 64.8 Å². The van der Waals surface area contributed by atoms with Crippen LogP contribution >= 0.6 is 7.60 Å². The highest BCUT2D eigenvalue weighted by Gasteiger charge is 2.41. The first kappa shape index (κ1) is 35.6. The molecule has 0 bridgehead atoms. The summed E-state index contributed by atoms with van der Waals surface area (Å²) < 4.78 is 30.9. The van der Waals surface area contributed by atoms with Crippen LogP contribution in [0.4, 0.5) is 4.79 Å². The Balaban J connectivity index is 2.29. The van der Waals surface area contributed by atoms with Gasteiger partial charge in [0, 0.05) is 12.8 Å². The van der Waals surface area contributed by atoms with Crippen molar-refractivity contribution in [2.45, 2.75) is 76.8 Å². The average Bonchev–Trinajstić information content (AvgIpc) is 2.92. The fourth-order valence-corrected chi connectivity index (χ4v) is 5.48. The third-order valence-electron chi connectivity index (χ3n) is 5.68. The zero-order chi connectivity index (χ0) is 32.9. The third-order valence-corrected chi connectivity index (χ3v) is 7.76. The highest BCUT2D eigenvalue weighted by molar-refractivity contribution is 7.55. The molecule has 1 unspecified atom stereocenters. The molecule has 2 rings (SSSR count). The molecule has 0 saturated carbocycles. The van der Waals surface area contributed by atoms with E-state index >= 15 is 0 Å². The number of rotatable bonds is 16. The summed E-state index contributed by atoms with van der Waals surface area (Å²) in [5.74, 6) is -5.41. The molecule has 44 heavy (non-hydrogen) atoms. The molecule has 0 aliphatic carbocycles. The minimum absolute atomic E-state index is 0.136. The van der Waals surface area contributed by atoms with Gasteiger partial charge in [0.2, 0.25) is 11.8 Å². The number of nitrogens with one attached hydrogen (secondary N) is 3. The molecular formula is C29H38N3O11P. The summed E-state index contributed by atoms with van der Waals surface area (Å²) in [6.45, 7) is 6.11. The van der Waals surface area contributed by atoms with Crippen LogP contribution in [0.15, 0.2) is 60.7 Å². The Morgan fingerprint density at radius 1 is 0.750 bits per heavy atom. The summed E-state index contributed by atoms with van der Waals surface area (Å²) in [7, 11) is -4.38. The molecule has 2 aromatic rings. The van der Waals surface area contributed by atoms with Crippen LogP contribution in [0.1, 0.15) is 53.4 Å². The second kappa shape index (κ2) is 16.3. The predicted molar refractivity (Wildman–Crippen MR) is 158 cm³/mol. The monoisotopic (exact) mass is 635 g/mol. The standard InChI is InChI=1S/C29H38N3O11P/c1-19(30-27(38)22(15-17-24(33)34)31-28(39)41-29(2,3)4)26(37)32-23(16-18-25(35)36)44(40,42-20-11-7-5-8-12-20)43-21-13-9-6-10-14-21/h5-14,19,22-23H,15-18H2,1-4H3,(H,30,38)(H,31,39)(H,32,37)(H,33,34)(H,35,36)/t19-,22-,23?/m0/s1. The largest absolute Gasteiger partial charge is 0.481 e. The highest BCUT2D eigenvalue weighted by Crippen LogP contribution is 2.53. The van der Waals surface area contributed by atoms with E-state index in [-0.39, 0.29) is 24.3 Å². The average molecular weight is 636 g/mol. The van der Waals surface area contributed by atoms with Gasteiger partial charge in [0.1, 0.15) is 29.2 Å². The van der Waals surface area contributed by atoms with Crippen LogP contribution in [-0.4, -0.2) is 63.5 Å². The van der Waals surface area contributed by atoms with Gasteiger partial charge in [-0.1, -0.05) is 36.4 Å². The van der Waals surface area contributed by atoms with Crippen LogP contribution < -0.4 is 25.0 Å². The number of alkyl carbamates (subject to hydrolysis) is 1. The molecule has 0 saturated heterocycles. The lowest BCUT2D eigenvalue weighted by Gasteiger charge is -2.29. The predicted octanol–water partition coefficient (Wildman–Crippen LogP) is 3.91. The SMILES string of the molecule is C[C@H](NC(=O)[C@H](CCC(=O)O)NC(=O)OC(C)(C)C)C(=O)NC(CCC(=O)O)P(=O)(Oc1ccccc1)Oc1ccccc1. The van der Waals surface area contributed by atoms with Gasteiger partial charge in [-0.15, -0.1) is 0 Å². The van der Waals surface area contributed by atoms with Crippen molar-refractivity contribution in [3.8, 4) is 11.5 Å². The normalized spacial score (nSPS) is 13.4. The lowest BCUT2D eigenvalue weighted by molar-refractivity contribution is -0.138. The molecule has 0 heterocycles. The minimum Gasteiger partial charge on any atom is -0.481 e. The molecule has 0 aliphatic heterocycles. The minimum atomic E-state index is -4.38. The van der Waals surface area contributed by atoms with Crippen molar-refractivity contribution >= 4 is 37.4 Å². The fraction of sp³-hybridized carbons (Fsp3) is 0.414. The van der Waals surface area contributed by atoms with Crippen LogP contribution in [0, 0.1) is 0 Å². The van der Waals surface area contributed by atoms with Crippen molar-refractivity contribution in [3.05, 3.63) is 60.7 Å². The van der Waals surface area contributed by atoms with Crippen molar-refractivity contribution < 1.29 is 52.5 Å². The molecule has 3 atom stereocenters. The Labute approximate surface area is 255 Å². The molecule has 5 N–H and O–H groups in total. The maximum absolute atomic E-state index is 14.3. The molecule has 2 aromatic carbocycles. The molecule has 0 fully saturated rings. The number of carboxylic acids is 2. The summed E-state index contributed by atoms with van der Waals surface area (Å²) in [6.07, 6.45) is -2.61. The van der Waals surface area contributed by atoms with Crippen LogP contribution in [-0.2, 0) is 28.5 Å². The molecule has 0 spiro atoms. The number of aliphatic carboxylic acids is 2. The number of hydrogen-bond donors (Lipinski definition) is 5. The number of carboxylic acid groups (broad SMARTS) is 2. The number of ether oxygens (including phenoxy) is 1. The molecule has 0 radical (unpaired) electrons. The highest BCUT2D eigenvalue weighted by atomic mass is 31.2. The number of carbonyl (C=O) groups is 5. The van der Waals surface area contributed by atoms with Gasteiger partial charge in [-0.3, -0.25) is 19.2 Å². The van der Waals surface area contributed by atoms with Crippen LogP contribution in [0.5, 0.6) is 11.5 Å². The van der Waals surface area contributed by atoms with Gasteiger partial charge in [0.15, 0.2) is 5.78 Å². The molecule has 3 amide bonds. The van der Waals surface area contributed by atoms with Gasteiger partial charge in [0.25, 0.3) is 0 Å². The Bertz CT molecular complexity index is 1290. The van der Waals surface area contributed by atoms with Crippen LogP contribution in [0.25, 0.3) is 0 Å². The van der Waals surface area contributed by atoms with E-state index in [4.69, 9.17) is 18.9 Å². The van der Waals surface area contributed by atoms with Crippen molar-refractivity contribution in [1.29, 1.82) is 0 Å². The van der Waals surface area contributed by atoms with Crippen LogP contribution in [0.3, 0.4) is 0 Å². The molecule has 14 nitrogen and oxygen atoms in total. The third kappa shape index (κ3) is 12.7. The van der Waals surface area contributed by atoms with Crippen molar-refractivity contribution in [2.24, 2.45) is 0 Å². The first-order chi connectivity index (χ1) is 20.6. The maximum atomic E-state index is 14.3. The van der Waals surface area contributed by atoms with E-state index in [0.29, 0.717) is 0 Å². The zero-order valence-corrected chi connectivity index (χ0v) is 25.7. The number of hydrogen-bond acceptors (Lipinski definition) is 9. The van der Waals surface area contributed by atoms with E-state index < -0.39 is 73.8 Å². The van der Waals surface area contributed by atoms with Gasteiger partial charge in [-0.25, -0.2) is 9.36 Å². The van der Waals surface area contributed by atoms with E-state index in [1.807, 2.05) is 0 Å². The molecular weight excluding hydrogens is 597 g/mol. The smallest absolute Gasteiger partial charge is 0.452 e. The summed E-state index contributed by atoms with van der Waals surface area (Å²) in [6, 6.07) is 13.2. The molecule has 0 aromatic heterocycles. The second-order valence-electron chi connectivity index (χ2n) is 10.7. The van der Waals surface area contributed by atoms with Gasteiger partial charge in [-0.2, -0.15) is 0 Å². The zero-order valence-electron chi connectivity index (χ0n) is 24.8. The van der Waals surface area contributed by atoms with Crippen molar-refractivity contribution in [3.63, 3.8) is 0 Å². The Hall–Kier alpha value is -4.58. The topological polar surface area (TPSA) is 207 Å². The number of carbonyl (C=O) groups excluding carboxylic acids is 3. The van der Waals surface area contributed by atoms with E-state index in [0.717, 1.165) is 0 Å². The molecule has 0 aliphatic rings. The summed E-state index contributed by atoms with van der Waals surface area (Å²) in [5, 5.41) is 25.6. The quantitative estimate of drug-likeness (QED) is 0.167. The van der Waals surface area contributed by atoms with Crippen LogP contribution in [0.2, 0.25) is 0 Å². The van der Waals surface area contributed by atoms with Crippen molar-refractivity contribution in [2.75, 3.05) is 0 Å². The van der Waals surface area contributed by atoms with E-state index in [1.165, 1.54) is 31.2 Å². The number of benzene rings is 2. The summed E-state index contributed by atoms with van der Waals surface area (Å²) in [4.78, 5) is 61.1. The lowest BCUT2D eigenvalue weighted by atomic mass is 10.1. The van der Waals surface area contributed by atoms with E-state index in [9.17, 15) is 33.6 Å².